The fourth-order valence-corrected chi connectivity index (χ4v) is 5.72. The molecule has 6 heteroatoms. The molecule has 1 aromatic carbocycles. The van der Waals surface area contributed by atoms with Crippen LogP contribution in [-0.2, 0) is 17.9 Å². The lowest BCUT2D eigenvalue weighted by molar-refractivity contribution is -0.134. The number of benzene rings is 1. The van der Waals surface area contributed by atoms with E-state index in [0.29, 0.717) is 18.8 Å². The summed E-state index contributed by atoms with van der Waals surface area (Å²) in [7, 11) is 0. The van der Waals surface area contributed by atoms with Crippen molar-refractivity contribution in [2.45, 2.75) is 63.7 Å². The standard InChI is InChI=1S/C26H29N3O2S/c1-26(25(31)27-20-11-6-3-7-12-20)18-28-22(19-9-4-2-5-10-19)14-15-23(28)24(30)29(26)17-21-13-8-16-32-21/h2,4-5,8-10,13-16,20H,3,6-7,11-12,17-18H2,1H3,(H,27,31)/t26-/m1/s1. The molecule has 1 fully saturated rings. The lowest BCUT2D eigenvalue weighted by atomic mass is 9.91. The average Bonchev–Trinajstić information content (AvgIpc) is 3.48. The maximum atomic E-state index is 13.7. The van der Waals surface area contributed by atoms with E-state index in [2.05, 4.69) is 5.32 Å². The van der Waals surface area contributed by atoms with Gasteiger partial charge in [-0.25, -0.2) is 0 Å². The zero-order valence-electron chi connectivity index (χ0n) is 18.4. The van der Waals surface area contributed by atoms with Crippen molar-refractivity contribution in [2.24, 2.45) is 0 Å². The molecule has 5 rings (SSSR count). The van der Waals surface area contributed by atoms with Crippen molar-refractivity contribution in [1.82, 2.24) is 14.8 Å². The Morgan fingerprint density at radius 2 is 1.78 bits per heavy atom. The Balaban J connectivity index is 1.53. The minimum absolute atomic E-state index is 0.0485. The van der Waals surface area contributed by atoms with Crippen LogP contribution in [-0.4, -0.2) is 32.9 Å². The van der Waals surface area contributed by atoms with Gasteiger partial charge in [0.05, 0.1) is 13.1 Å². The minimum atomic E-state index is -0.964. The van der Waals surface area contributed by atoms with Crippen LogP contribution in [0.3, 0.4) is 0 Å². The summed E-state index contributed by atoms with van der Waals surface area (Å²) in [6, 6.07) is 18.2. The molecule has 1 aliphatic heterocycles. The molecule has 1 saturated carbocycles. The molecule has 5 nitrogen and oxygen atoms in total. The molecule has 0 unspecified atom stereocenters. The second-order valence-electron chi connectivity index (χ2n) is 9.11. The van der Waals surface area contributed by atoms with E-state index >= 15 is 0 Å². The first-order valence-electron chi connectivity index (χ1n) is 11.5. The average molecular weight is 448 g/mol. The highest BCUT2D eigenvalue weighted by molar-refractivity contribution is 7.09. The van der Waals surface area contributed by atoms with E-state index < -0.39 is 5.54 Å². The van der Waals surface area contributed by atoms with E-state index in [9.17, 15) is 9.59 Å². The number of amides is 2. The molecule has 0 radical (unpaired) electrons. The van der Waals surface area contributed by atoms with Gasteiger partial charge in [0.2, 0.25) is 5.91 Å². The summed E-state index contributed by atoms with van der Waals surface area (Å²) in [5.41, 5.74) is 1.70. The predicted molar refractivity (Wildman–Crippen MR) is 127 cm³/mol. The zero-order valence-corrected chi connectivity index (χ0v) is 19.2. The second-order valence-corrected chi connectivity index (χ2v) is 10.1. The summed E-state index contributed by atoms with van der Waals surface area (Å²) in [5, 5.41) is 5.31. The number of carbonyl (C=O) groups excluding carboxylic acids is 2. The van der Waals surface area contributed by atoms with Gasteiger partial charge in [0, 0.05) is 16.6 Å². The normalized spacial score (nSPS) is 21.4. The van der Waals surface area contributed by atoms with Gasteiger partial charge < -0.3 is 14.8 Å². The fraction of sp³-hybridized carbons (Fsp3) is 0.385. The number of hydrogen-bond acceptors (Lipinski definition) is 3. The molecule has 3 aromatic rings. The van der Waals surface area contributed by atoms with Crippen molar-refractivity contribution in [2.75, 3.05) is 0 Å². The van der Waals surface area contributed by atoms with Gasteiger partial charge in [-0.2, -0.15) is 0 Å². The maximum Gasteiger partial charge on any atom is 0.271 e. The number of aromatic nitrogens is 1. The van der Waals surface area contributed by atoms with Crippen LogP contribution < -0.4 is 5.32 Å². The van der Waals surface area contributed by atoms with E-state index in [1.165, 1.54) is 6.42 Å². The first kappa shape index (κ1) is 21.0. The molecule has 2 amide bonds. The fourth-order valence-electron chi connectivity index (χ4n) is 5.03. The topological polar surface area (TPSA) is 54.3 Å². The van der Waals surface area contributed by atoms with Gasteiger partial charge in [-0.3, -0.25) is 9.59 Å². The third kappa shape index (κ3) is 3.77. The third-order valence-corrected chi connectivity index (χ3v) is 7.76. The summed E-state index contributed by atoms with van der Waals surface area (Å²) in [6.45, 7) is 2.81. The van der Waals surface area contributed by atoms with Crippen LogP contribution >= 0.6 is 11.3 Å². The van der Waals surface area contributed by atoms with Crippen LogP contribution in [0.5, 0.6) is 0 Å². The summed E-state index contributed by atoms with van der Waals surface area (Å²) in [6.07, 6.45) is 5.58. The monoisotopic (exact) mass is 447 g/mol. The number of thiophene rings is 1. The van der Waals surface area contributed by atoms with Crippen molar-refractivity contribution in [3.63, 3.8) is 0 Å². The van der Waals surface area contributed by atoms with Crippen LogP contribution in [0.15, 0.2) is 60.0 Å². The molecule has 2 aliphatic rings. The van der Waals surface area contributed by atoms with E-state index in [0.717, 1.165) is 41.8 Å². The molecule has 1 atom stereocenters. The molecule has 0 bridgehead atoms. The minimum Gasteiger partial charge on any atom is -0.351 e. The molecule has 0 spiro atoms. The van der Waals surface area contributed by atoms with E-state index in [-0.39, 0.29) is 17.9 Å². The summed E-state index contributed by atoms with van der Waals surface area (Å²) in [4.78, 5) is 30.3. The number of nitrogens with one attached hydrogen (secondary N) is 1. The van der Waals surface area contributed by atoms with Gasteiger partial charge in [0.15, 0.2) is 0 Å². The van der Waals surface area contributed by atoms with Crippen LogP contribution in [0.2, 0.25) is 0 Å². The van der Waals surface area contributed by atoms with Crippen molar-refractivity contribution in [3.05, 3.63) is 70.5 Å². The van der Waals surface area contributed by atoms with Gasteiger partial charge in [-0.1, -0.05) is 55.7 Å². The largest absolute Gasteiger partial charge is 0.351 e. The second kappa shape index (κ2) is 8.58. The van der Waals surface area contributed by atoms with Gasteiger partial charge >= 0.3 is 0 Å². The zero-order chi connectivity index (χ0) is 22.1. The molecule has 2 aromatic heterocycles. The molecular weight excluding hydrogens is 418 g/mol. The summed E-state index contributed by atoms with van der Waals surface area (Å²) in [5.74, 6) is -0.138. The number of rotatable bonds is 5. The molecule has 0 saturated heterocycles. The highest BCUT2D eigenvalue weighted by Gasteiger charge is 2.48. The maximum absolute atomic E-state index is 13.7. The Bertz CT molecular complexity index is 1100. The number of carbonyl (C=O) groups is 2. The molecule has 166 valence electrons. The van der Waals surface area contributed by atoms with E-state index in [1.807, 2.05) is 71.5 Å². The van der Waals surface area contributed by atoms with Crippen LogP contribution in [0.1, 0.15) is 54.4 Å². The van der Waals surface area contributed by atoms with Crippen LogP contribution in [0.4, 0.5) is 0 Å². The molecular formula is C26H29N3O2S. The van der Waals surface area contributed by atoms with Gasteiger partial charge in [-0.05, 0) is 48.9 Å². The lowest BCUT2D eigenvalue weighted by Crippen LogP contribution is -2.64. The molecule has 3 heterocycles. The molecule has 1 aliphatic carbocycles. The third-order valence-electron chi connectivity index (χ3n) is 6.90. The molecule has 32 heavy (non-hydrogen) atoms. The Hall–Kier alpha value is -2.86. The van der Waals surface area contributed by atoms with E-state index in [1.54, 1.807) is 16.2 Å². The lowest BCUT2D eigenvalue weighted by Gasteiger charge is -2.45. The molecule has 1 N–H and O–H groups in total. The number of nitrogens with zero attached hydrogens (tertiary/aromatic N) is 2. The Morgan fingerprint density at radius 3 is 2.50 bits per heavy atom. The van der Waals surface area contributed by atoms with Crippen molar-refractivity contribution < 1.29 is 9.59 Å². The first-order valence-corrected chi connectivity index (χ1v) is 12.3. The summed E-state index contributed by atoms with van der Waals surface area (Å²) < 4.78 is 2.03. The van der Waals surface area contributed by atoms with E-state index in [4.69, 9.17) is 0 Å². The van der Waals surface area contributed by atoms with Crippen molar-refractivity contribution >= 4 is 23.2 Å². The van der Waals surface area contributed by atoms with Crippen LogP contribution in [0, 0.1) is 0 Å². The Morgan fingerprint density at radius 1 is 1.03 bits per heavy atom. The Kier molecular flexibility index (Phi) is 5.64. The number of fused-ring (bicyclic) bond motifs is 1. The van der Waals surface area contributed by atoms with Crippen molar-refractivity contribution in [3.8, 4) is 11.3 Å². The SMILES string of the molecule is C[C@]1(C(=O)NC2CCCCC2)Cn2c(ccc2-c2ccccc2)C(=O)N1Cc1cccs1. The number of hydrogen-bond donors (Lipinski definition) is 1. The first-order chi connectivity index (χ1) is 15.6. The smallest absolute Gasteiger partial charge is 0.271 e. The van der Waals surface area contributed by atoms with Gasteiger partial charge in [0.1, 0.15) is 11.2 Å². The quantitative estimate of drug-likeness (QED) is 0.593. The highest BCUT2D eigenvalue weighted by atomic mass is 32.1. The van der Waals surface area contributed by atoms with Gasteiger partial charge in [0.25, 0.3) is 5.91 Å². The summed E-state index contributed by atoms with van der Waals surface area (Å²) >= 11 is 1.62. The Labute approximate surface area is 193 Å². The van der Waals surface area contributed by atoms with Gasteiger partial charge in [-0.15, -0.1) is 11.3 Å². The highest BCUT2D eigenvalue weighted by Crippen LogP contribution is 2.35. The predicted octanol–water partition coefficient (Wildman–Crippen LogP) is 5.08. The van der Waals surface area contributed by atoms with Crippen molar-refractivity contribution in [1.29, 1.82) is 0 Å². The van der Waals surface area contributed by atoms with Crippen LogP contribution in [0.25, 0.3) is 11.3 Å².